The monoisotopic (exact) mass is 420 g/mol. The maximum absolute atomic E-state index is 12.3. The van der Waals surface area contributed by atoms with E-state index >= 15 is 0 Å². The Morgan fingerprint density at radius 3 is 2.66 bits per heavy atom. The molecular formula is C20H24N2O6S. The largest absolute Gasteiger partial charge is 0.468 e. The Labute approximate surface area is 169 Å². The van der Waals surface area contributed by atoms with Gasteiger partial charge in [0.15, 0.2) is 6.61 Å². The van der Waals surface area contributed by atoms with Gasteiger partial charge in [-0.1, -0.05) is 6.92 Å². The average Bonchev–Trinajstić information content (AvgIpc) is 3.24. The van der Waals surface area contributed by atoms with Gasteiger partial charge in [0.05, 0.1) is 23.3 Å². The molecule has 3 rings (SSSR count). The van der Waals surface area contributed by atoms with Gasteiger partial charge in [-0.15, -0.1) is 0 Å². The third kappa shape index (κ3) is 5.68. The van der Waals surface area contributed by atoms with E-state index in [4.69, 9.17) is 9.15 Å². The molecule has 1 aliphatic heterocycles. The van der Waals surface area contributed by atoms with Gasteiger partial charge < -0.3 is 14.1 Å². The molecule has 156 valence electrons. The van der Waals surface area contributed by atoms with Crippen molar-refractivity contribution in [3.8, 4) is 0 Å². The summed E-state index contributed by atoms with van der Waals surface area (Å²) in [6, 6.07) is 8.67. The lowest BCUT2D eigenvalue weighted by molar-refractivity contribution is -0.136. The van der Waals surface area contributed by atoms with Crippen LogP contribution in [0.3, 0.4) is 0 Å². The van der Waals surface area contributed by atoms with Crippen molar-refractivity contribution < 1.29 is 27.2 Å². The number of likely N-dealkylation sites (tertiary alicyclic amines) is 1. The van der Waals surface area contributed by atoms with E-state index in [9.17, 15) is 18.0 Å². The van der Waals surface area contributed by atoms with Gasteiger partial charge in [0.25, 0.3) is 5.91 Å². The van der Waals surface area contributed by atoms with Gasteiger partial charge >= 0.3 is 5.97 Å². The van der Waals surface area contributed by atoms with Crippen molar-refractivity contribution >= 4 is 21.9 Å². The van der Waals surface area contributed by atoms with E-state index in [1.807, 2.05) is 0 Å². The molecule has 0 radical (unpaired) electrons. The highest BCUT2D eigenvalue weighted by Crippen LogP contribution is 2.16. The number of sulfonamides is 1. The van der Waals surface area contributed by atoms with Crippen LogP contribution in [0.5, 0.6) is 0 Å². The molecular weight excluding hydrogens is 396 g/mol. The molecule has 2 heterocycles. The van der Waals surface area contributed by atoms with Crippen molar-refractivity contribution in [1.82, 2.24) is 9.62 Å². The van der Waals surface area contributed by atoms with Crippen LogP contribution in [-0.4, -0.2) is 44.9 Å². The Kier molecular flexibility index (Phi) is 6.71. The van der Waals surface area contributed by atoms with Crippen LogP contribution in [0.25, 0.3) is 0 Å². The maximum Gasteiger partial charge on any atom is 0.338 e. The third-order valence-corrected chi connectivity index (χ3v) is 6.17. The van der Waals surface area contributed by atoms with Crippen LogP contribution in [0.2, 0.25) is 0 Å². The Balaban J connectivity index is 1.53. The number of amides is 1. The summed E-state index contributed by atoms with van der Waals surface area (Å²) in [6.07, 6.45) is 3.50. The first-order chi connectivity index (χ1) is 13.8. The fraction of sp³-hybridized carbons (Fsp3) is 0.400. The van der Waals surface area contributed by atoms with Crippen molar-refractivity contribution in [2.45, 2.75) is 31.2 Å². The molecule has 1 saturated heterocycles. The van der Waals surface area contributed by atoms with Crippen LogP contribution < -0.4 is 4.72 Å². The molecule has 1 atom stereocenters. The molecule has 1 aromatic carbocycles. The molecule has 1 fully saturated rings. The van der Waals surface area contributed by atoms with E-state index in [1.54, 1.807) is 17.0 Å². The van der Waals surface area contributed by atoms with E-state index in [0.717, 1.165) is 12.8 Å². The minimum atomic E-state index is -3.75. The van der Waals surface area contributed by atoms with Crippen LogP contribution in [0.15, 0.2) is 52.0 Å². The summed E-state index contributed by atoms with van der Waals surface area (Å²) in [7, 11) is -3.75. The van der Waals surface area contributed by atoms with Gasteiger partial charge in [-0.2, -0.15) is 0 Å². The molecule has 1 N–H and O–H groups in total. The SMILES string of the molecule is C[C@H]1CCCN(C(=O)COC(=O)c2ccc(S(=O)(=O)NCc3ccco3)cc2)C1. The molecule has 1 aliphatic rings. The lowest BCUT2D eigenvalue weighted by Gasteiger charge is -2.30. The van der Waals surface area contributed by atoms with E-state index < -0.39 is 16.0 Å². The van der Waals surface area contributed by atoms with Gasteiger partial charge in [0, 0.05) is 13.1 Å². The van der Waals surface area contributed by atoms with Gasteiger partial charge in [0.1, 0.15) is 5.76 Å². The summed E-state index contributed by atoms with van der Waals surface area (Å²) >= 11 is 0. The Morgan fingerprint density at radius 2 is 2.00 bits per heavy atom. The molecule has 1 amide bonds. The number of ether oxygens (including phenoxy) is 1. The Morgan fingerprint density at radius 1 is 1.24 bits per heavy atom. The molecule has 0 aliphatic carbocycles. The second-order valence-corrected chi connectivity index (χ2v) is 8.86. The van der Waals surface area contributed by atoms with Gasteiger partial charge in [0.2, 0.25) is 10.0 Å². The smallest absolute Gasteiger partial charge is 0.338 e. The predicted molar refractivity (Wildman–Crippen MR) is 104 cm³/mol. The molecule has 0 spiro atoms. The van der Waals surface area contributed by atoms with Crippen LogP contribution in [0, 0.1) is 5.92 Å². The fourth-order valence-corrected chi connectivity index (χ4v) is 4.14. The van der Waals surface area contributed by atoms with E-state index in [2.05, 4.69) is 11.6 Å². The van der Waals surface area contributed by atoms with Crippen LogP contribution >= 0.6 is 0 Å². The van der Waals surface area contributed by atoms with Gasteiger partial charge in [-0.25, -0.2) is 17.9 Å². The summed E-state index contributed by atoms with van der Waals surface area (Å²) in [5.41, 5.74) is 0.176. The average molecular weight is 420 g/mol. The number of rotatable bonds is 7. The van der Waals surface area contributed by atoms with Crippen molar-refractivity contribution in [3.63, 3.8) is 0 Å². The molecule has 8 nitrogen and oxygen atoms in total. The third-order valence-electron chi connectivity index (χ3n) is 4.75. The minimum absolute atomic E-state index is 0.0130. The van der Waals surface area contributed by atoms with Gasteiger partial charge in [-0.3, -0.25) is 4.79 Å². The lowest BCUT2D eigenvalue weighted by atomic mass is 10.0. The number of hydrogen-bond acceptors (Lipinski definition) is 6. The zero-order valence-corrected chi connectivity index (χ0v) is 17.0. The van der Waals surface area contributed by atoms with Crippen molar-refractivity contribution in [2.24, 2.45) is 5.92 Å². The number of carbonyl (C=O) groups excluding carboxylic acids is 2. The standard InChI is InChI=1S/C20H24N2O6S/c1-15-4-2-10-22(13-15)19(23)14-28-20(24)16-6-8-18(9-7-16)29(25,26)21-12-17-5-3-11-27-17/h3,5-9,11,15,21H,2,4,10,12-14H2,1H3/t15-/m0/s1. The highest BCUT2D eigenvalue weighted by Gasteiger charge is 2.22. The Bertz CT molecular complexity index is 938. The number of furan rings is 1. The fourth-order valence-electron chi connectivity index (χ4n) is 3.15. The number of carbonyl (C=O) groups is 2. The molecule has 2 aromatic rings. The maximum atomic E-state index is 12.3. The first-order valence-electron chi connectivity index (χ1n) is 9.42. The normalized spacial score (nSPS) is 17.1. The van der Waals surface area contributed by atoms with Gasteiger partial charge in [-0.05, 0) is 55.2 Å². The Hall–Kier alpha value is -2.65. The summed E-state index contributed by atoms with van der Waals surface area (Å²) < 4.78 is 37.2. The number of piperidine rings is 1. The summed E-state index contributed by atoms with van der Waals surface area (Å²) in [6.45, 7) is 3.14. The molecule has 1 aromatic heterocycles. The highest BCUT2D eigenvalue weighted by atomic mass is 32.2. The predicted octanol–water partition coefficient (Wildman–Crippen LogP) is 2.17. The van der Waals surface area contributed by atoms with Crippen molar-refractivity contribution in [1.29, 1.82) is 0 Å². The summed E-state index contributed by atoms with van der Waals surface area (Å²) in [4.78, 5) is 26.1. The van der Waals surface area contributed by atoms with Crippen molar-refractivity contribution in [2.75, 3.05) is 19.7 Å². The number of hydrogen-bond donors (Lipinski definition) is 1. The number of esters is 1. The zero-order chi connectivity index (χ0) is 20.9. The highest BCUT2D eigenvalue weighted by molar-refractivity contribution is 7.89. The number of nitrogens with one attached hydrogen (secondary N) is 1. The molecule has 9 heteroatoms. The second-order valence-electron chi connectivity index (χ2n) is 7.09. The number of benzene rings is 1. The van der Waals surface area contributed by atoms with Crippen LogP contribution in [0.1, 0.15) is 35.9 Å². The number of nitrogens with zero attached hydrogens (tertiary/aromatic N) is 1. The topological polar surface area (TPSA) is 106 Å². The molecule has 0 unspecified atom stereocenters. The molecule has 0 bridgehead atoms. The molecule has 0 saturated carbocycles. The minimum Gasteiger partial charge on any atom is -0.468 e. The van der Waals surface area contributed by atoms with E-state index in [-0.39, 0.29) is 29.5 Å². The lowest BCUT2D eigenvalue weighted by Crippen LogP contribution is -2.41. The molecule has 29 heavy (non-hydrogen) atoms. The summed E-state index contributed by atoms with van der Waals surface area (Å²) in [5.74, 6) is 0.0444. The van der Waals surface area contributed by atoms with E-state index in [0.29, 0.717) is 24.8 Å². The zero-order valence-electron chi connectivity index (χ0n) is 16.2. The second kappa shape index (κ2) is 9.23. The van der Waals surface area contributed by atoms with Crippen molar-refractivity contribution in [3.05, 3.63) is 54.0 Å². The van der Waals surface area contributed by atoms with E-state index in [1.165, 1.54) is 30.5 Å². The van der Waals surface area contributed by atoms with Crippen LogP contribution in [-0.2, 0) is 26.1 Å². The quantitative estimate of drug-likeness (QED) is 0.688. The first-order valence-corrected chi connectivity index (χ1v) is 10.9. The first kappa shape index (κ1) is 21.1. The van der Waals surface area contributed by atoms with Crippen LogP contribution in [0.4, 0.5) is 0 Å². The summed E-state index contributed by atoms with van der Waals surface area (Å²) in [5, 5.41) is 0.